The molecule has 0 atom stereocenters. The molecule has 0 saturated carbocycles. The third kappa shape index (κ3) is 1.55. The highest BCUT2D eigenvalue weighted by atomic mass is 15.4. The molecule has 0 unspecified atom stereocenters. The molecular weight excluding hydrogens is 226 g/mol. The lowest BCUT2D eigenvalue weighted by molar-refractivity contribution is 0.910. The number of benzene rings is 1. The van der Waals surface area contributed by atoms with Gasteiger partial charge in [0.1, 0.15) is 5.82 Å². The van der Waals surface area contributed by atoms with Crippen LogP contribution < -0.4 is 11.1 Å². The lowest BCUT2D eigenvalue weighted by Gasteiger charge is -2.02. The quantitative estimate of drug-likeness (QED) is 0.523. The first-order chi connectivity index (χ1) is 8.66. The third-order valence-electron chi connectivity index (χ3n) is 3.20. The van der Waals surface area contributed by atoms with Gasteiger partial charge in [0.05, 0.1) is 5.69 Å². The van der Waals surface area contributed by atoms with E-state index in [1.54, 1.807) is 0 Å². The van der Waals surface area contributed by atoms with Crippen molar-refractivity contribution in [3.63, 3.8) is 0 Å². The summed E-state index contributed by atoms with van der Waals surface area (Å²) in [4.78, 5) is 0. The molecular formula is C13H15N5. The van der Waals surface area contributed by atoms with E-state index in [4.69, 9.17) is 11.1 Å². The molecule has 18 heavy (non-hydrogen) atoms. The largest absolute Gasteiger partial charge is 0.369 e. The number of nitrogen functional groups attached to an aromatic ring is 1. The molecule has 1 aromatic heterocycles. The second kappa shape index (κ2) is 3.87. The van der Waals surface area contributed by atoms with E-state index in [1.165, 1.54) is 10.2 Å². The van der Waals surface area contributed by atoms with Crippen molar-refractivity contribution in [1.82, 2.24) is 9.78 Å². The second-order valence-electron chi connectivity index (χ2n) is 4.52. The maximum atomic E-state index is 7.55. The van der Waals surface area contributed by atoms with Gasteiger partial charge in [0.2, 0.25) is 5.96 Å². The summed E-state index contributed by atoms with van der Waals surface area (Å²) in [5.41, 5.74) is 9.91. The highest BCUT2D eigenvalue weighted by Crippen LogP contribution is 2.32. The molecule has 0 saturated heterocycles. The number of anilines is 1. The van der Waals surface area contributed by atoms with Crippen molar-refractivity contribution in [3.8, 4) is 11.3 Å². The van der Waals surface area contributed by atoms with Crippen molar-refractivity contribution < 1.29 is 0 Å². The van der Waals surface area contributed by atoms with Crippen LogP contribution in [0.3, 0.4) is 0 Å². The number of hydrogen-bond acceptors (Lipinski definition) is 3. The first kappa shape index (κ1) is 10.8. The van der Waals surface area contributed by atoms with Crippen molar-refractivity contribution in [3.05, 3.63) is 35.4 Å². The zero-order valence-electron chi connectivity index (χ0n) is 10.2. The molecule has 5 heteroatoms. The Morgan fingerprint density at radius 1 is 1.39 bits per heavy atom. The minimum Gasteiger partial charge on any atom is -0.369 e. The monoisotopic (exact) mass is 241 g/mol. The highest BCUT2D eigenvalue weighted by molar-refractivity contribution is 5.84. The lowest BCUT2D eigenvalue weighted by Crippen LogP contribution is -2.23. The molecule has 0 aliphatic carbocycles. The average molecular weight is 241 g/mol. The standard InChI is InChI=1S/C13H15N5/c1-8-2-4-9(5-3-8)11-10-6-7-16-12(10)18(17-11)13(14)15/h2-5,16H,6-7H2,1H3,(H3,14,15). The van der Waals surface area contributed by atoms with Gasteiger partial charge in [-0.25, -0.2) is 0 Å². The first-order valence-electron chi connectivity index (χ1n) is 5.94. The predicted octanol–water partition coefficient (Wildman–Crippen LogP) is 1.57. The normalized spacial score (nSPS) is 13.2. The van der Waals surface area contributed by atoms with Gasteiger partial charge in [0.15, 0.2) is 0 Å². The van der Waals surface area contributed by atoms with Gasteiger partial charge in [-0.2, -0.15) is 9.78 Å². The van der Waals surface area contributed by atoms with E-state index in [2.05, 4.69) is 41.6 Å². The number of nitrogens with zero attached hydrogens (tertiary/aromatic N) is 2. The molecule has 0 amide bonds. The molecule has 0 spiro atoms. The van der Waals surface area contributed by atoms with E-state index in [-0.39, 0.29) is 5.96 Å². The Bertz CT molecular complexity index is 609. The Hall–Kier alpha value is -2.30. The summed E-state index contributed by atoms with van der Waals surface area (Å²) in [7, 11) is 0. The van der Waals surface area contributed by atoms with Gasteiger partial charge < -0.3 is 11.1 Å². The van der Waals surface area contributed by atoms with Crippen LogP contribution in [0.4, 0.5) is 5.82 Å². The van der Waals surface area contributed by atoms with Gasteiger partial charge in [-0.1, -0.05) is 29.8 Å². The van der Waals surface area contributed by atoms with Crippen LogP contribution in [0, 0.1) is 12.3 Å². The van der Waals surface area contributed by atoms with Crippen LogP contribution in [0.5, 0.6) is 0 Å². The smallest absolute Gasteiger partial charge is 0.215 e. The van der Waals surface area contributed by atoms with Crippen molar-refractivity contribution in [2.75, 3.05) is 11.9 Å². The molecule has 0 fully saturated rings. The minimum absolute atomic E-state index is 0.0565. The summed E-state index contributed by atoms with van der Waals surface area (Å²) >= 11 is 0. The van der Waals surface area contributed by atoms with E-state index in [0.717, 1.165) is 35.6 Å². The zero-order chi connectivity index (χ0) is 12.7. The molecule has 2 heterocycles. The maximum absolute atomic E-state index is 7.55. The zero-order valence-corrected chi connectivity index (χ0v) is 10.2. The fourth-order valence-corrected chi connectivity index (χ4v) is 2.29. The van der Waals surface area contributed by atoms with E-state index in [0.29, 0.717) is 0 Å². The Kier molecular flexibility index (Phi) is 2.33. The van der Waals surface area contributed by atoms with Gasteiger partial charge in [-0.05, 0) is 13.3 Å². The van der Waals surface area contributed by atoms with Crippen LogP contribution in [0.2, 0.25) is 0 Å². The predicted molar refractivity (Wildman–Crippen MR) is 71.9 cm³/mol. The van der Waals surface area contributed by atoms with E-state index >= 15 is 0 Å². The van der Waals surface area contributed by atoms with Gasteiger partial charge in [0.25, 0.3) is 0 Å². The van der Waals surface area contributed by atoms with Crippen molar-refractivity contribution in [2.45, 2.75) is 13.3 Å². The molecule has 0 bridgehead atoms. The maximum Gasteiger partial charge on any atom is 0.215 e. The highest BCUT2D eigenvalue weighted by Gasteiger charge is 2.23. The fourth-order valence-electron chi connectivity index (χ4n) is 2.29. The molecule has 1 aliphatic rings. The van der Waals surface area contributed by atoms with Crippen molar-refractivity contribution >= 4 is 11.8 Å². The van der Waals surface area contributed by atoms with Crippen LogP contribution in [0.15, 0.2) is 24.3 Å². The Balaban J connectivity index is 2.15. The number of rotatable bonds is 1. The number of aromatic nitrogens is 2. The van der Waals surface area contributed by atoms with Gasteiger partial charge in [-0.3, -0.25) is 5.41 Å². The van der Waals surface area contributed by atoms with Crippen molar-refractivity contribution in [1.29, 1.82) is 5.41 Å². The summed E-state index contributed by atoms with van der Waals surface area (Å²) in [5.74, 6) is 0.803. The van der Waals surface area contributed by atoms with Gasteiger partial charge in [-0.15, -0.1) is 0 Å². The van der Waals surface area contributed by atoms with Crippen LogP contribution in [0.25, 0.3) is 11.3 Å². The Morgan fingerprint density at radius 2 is 2.11 bits per heavy atom. The van der Waals surface area contributed by atoms with Crippen LogP contribution in [-0.4, -0.2) is 22.3 Å². The first-order valence-corrected chi connectivity index (χ1v) is 5.94. The number of aryl methyl sites for hydroxylation is 1. The molecule has 92 valence electrons. The molecule has 3 rings (SSSR count). The van der Waals surface area contributed by atoms with Crippen LogP contribution in [-0.2, 0) is 6.42 Å². The molecule has 5 nitrogen and oxygen atoms in total. The number of nitrogens with one attached hydrogen (secondary N) is 2. The van der Waals surface area contributed by atoms with Crippen LogP contribution in [0.1, 0.15) is 11.1 Å². The lowest BCUT2D eigenvalue weighted by atomic mass is 10.1. The number of hydrogen-bond donors (Lipinski definition) is 3. The summed E-state index contributed by atoms with van der Waals surface area (Å²) in [6.07, 6.45) is 0.922. The van der Waals surface area contributed by atoms with E-state index < -0.39 is 0 Å². The average Bonchev–Trinajstić information content (AvgIpc) is 2.91. The van der Waals surface area contributed by atoms with E-state index in [1.807, 2.05) is 0 Å². The third-order valence-corrected chi connectivity index (χ3v) is 3.20. The molecule has 4 N–H and O–H groups in total. The molecule has 0 radical (unpaired) electrons. The molecule has 1 aliphatic heterocycles. The van der Waals surface area contributed by atoms with Gasteiger partial charge >= 0.3 is 0 Å². The fraction of sp³-hybridized carbons (Fsp3) is 0.231. The Labute approximate surface area is 105 Å². The number of fused-ring (bicyclic) bond motifs is 1. The SMILES string of the molecule is Cc1ccc(-c2nn(C(=N)N)c3c2CCN3)cc1. The topological polar surface area (TPSA) is 79.7 Å². The second-order valence-corrected chi connectivity index (χ2v) is 4.52. The summed E-state index contributed by atoms with van der Waals surface area (Å²) in [6, 6.07) is 8.25. The minimum atomic E-state index is -0.0565. The van der Waals surface area contributed by atoms with Crippen molar-refractivity contribution in [2.24, 2.45) is 5.73 Å². The summed E-state index contributed by atoms with van der Waals surface area (Å²) < 4.78 is 1.47. The van der Waals surface area contributed by atoms with Crippen LogP contribution >= 0.6 is 0 Å². The Morgan fingerprint density at radius 3 is 2.78 bits per heavy atom. The number of nitrogens with two attached hydrogens (primary N) is 1. The summed E-state index contributed by atoms with van der Waals surface area (Å²) in [5, 5.41) is 15.2. The molecule has 1 aromatic carbocycles. The summed E-state index contributed by atoms with van der Waals surface area (Å²) in [6.45, 7) is 2.93. The van der Waals surface area contributed by atoms with E-state index in [9.17, 15) is 0 Å². The molecule has 2 aromatic rings. The van der Waals surface area contributed by atoms with Gasteiger partial charge in [0, 0.05) is 17.7 Å².